The van der Waals surface area contributed by atoms with Crippen LogP contribution in [-0.4, -0.2) is 76.3 Å². The van der Waals surface area contributed by atoms with Gasteiger partial charge in [0, 0.05) is 11.9 Å². The number of anilines is 1. The van der Waals surface area contributed by atoms with Crippen molar-refractivity contribution in [3.8, 4) is 0 Å². The number of carbonyl (C=O) groups is 3. The molecule has 3 fully saturated rings. The summed E-state index contributed by atoms with van der Waals surface area (Å²) in [4.78, 5) is 40.5. The Morgan fingerprint density at radius 2 is 1.46 bits per heavy atom. The average molecular weight is 539 g/mol. The highest BCUT2D eigenvalue weighted by Gasteiger charge is 2.84. The van der Waals surface area contributed by atoms with Crippen molar-refractivity contribution in [2.45, 2.75) is 48.5 Å². The molecule has 198 valence electrons. The lowest BCUT2D eigenvalue weighted by Crippen LogP contribution is -2.67. The van der Waals surface area contributed by atoms with Gasteiger partial charge in [0.1, 0.15) is 6.04 Å². The van der Waals surface area contributed by atoms with Crippen LogP contribution in [0.15, 0.2) is 42.5 Å². The number of imide groups is 1. The first-order chi connectivity index (χ1) is 17.0. The highest BCUT2D eigenvalue weighted by molar-refractivity contribution is 6.25. The van der Waals surface area contributed by atoms with Gasteiger partial charge in [-0.1, -0.05) is 36.4 Å². The molecular weight excluding hydrogens is 525 g/mol. The van der Waals surface area contributed by atoms with E-state index in [1.54, 1.807) is 30.3 Å². The standard InChI is InChI=1S/C22H14F9N3O3/c23-19(24,20(25,26)21(27,28)22(29,30)31)17(36)32-9-11-8-14(32)15-16(35)34(18(37)33(11)15)13-7-3-5-10-4-1-2-6-12(10)13/h1-7,11,14-15H,8-9H2/t11-,14?,15?/m1/s1. The van der Waals surface area contributed by atoms with Gasteiger partial charge in [-0.2, -0.15) is 39.5 Å². The Labute approximate surface area is 201 Å². The second-order valence-electron chi connectivity index (χ2n) is 8.94. The third-order valence-corrected chi connectivity index (χ3v) is 6.95. The summed E-state index contributed by atoms with van der Waals surface area (Å²) < 4.78 is 120. The van der Waals surface area contributed by atoms with Crippen LogP contribution in [0.5, 0.6) is 0 Å². The number of carbonyl (C=O) groups excluding carboxylic acids is 3. The first kappa shape index (κ1) is 25.1. The second-order valence-corrected chi connectivity index (χ2v) is 8.94. The molecule has 3 aliphatic heterocycles. The smallest absolute Gasteiger partial charge is 0.330 e. The van der Waals surface area contributed by atoms with Gasteiger partial charge in [-0.3, -0.25) is 9.59 Å². The summed E-state index contributed by atoms with van der Waals surface area (Å²) in [5, 5.41) is 1.11. The Hall–Kier alpha value is -3.52. The lowest BCUT2D eigenvalue weighted by molar-refractivity contribution is -0.389. The van der Waals surface area contributed by atoms with Crippen molar-refractivity contribution in [2.24, 2.45) is 0 Å². The zero-order chi connectivity index (χ0) is 27.3. The van der Waals surface area contributed by atoms with Gasteiger partial charge in [0.2, 0.25) is 0 Å². The third-order valence-electron chi connectivity index (χ3n) is 6.95. The summed E-state index contributed by atoms with van der Waals surface area (Å²) in [6.07, 6.45) is -7.40. The molecule has 6 nitrogen and oxygen atoms in total. The lowest BCUT2D eigenvalue weighted by atomic mass is 10.0. The molecule has 0 spiro atoms. The fourth-order valence-corrected chi connectivity index (χ4v) is 5.21. The molecule has 3 aliphatic rings. The highest BCUT2D eigenvalue weighted by atomic mass is 19.4. The Kier molecular flexibility index (Phi) is 5.10. The molecule has 3 saturated heterocycles. The number of rotatable bonds is 4. The van der Waals surface area contributed by atoms with Crippen molar-refractivity contribution >= 4 is 34.3 Å². The van der Waals surface area contributed by atoms with Crippen LogP contribution in [0.4, 0.5) is 50.0 Å². The minimum absolute atomic E-state index is 0.00994. The van der Waals surface area contributed by atoms with Gasteiger partial charge in [-0.15, -0.1) is 0 Å². The van der Waals surface area contributed by atoms with Crippen LogP contribution in [0.3, 0.4) is 0 Å². The quantitative estimate of drug-likeness (QED) is 0.427. The van der Waals surface area contributed by atoms with E-state index in [1.807, 2.05) is 0 Å². The monoisotopic (exact) mass is 539 g/mol. The fraction of sp³-hybridized carbons (Fsp3) is 0.409. The SMILES string of the molecule is O=C1C2C3C[C@H](CN3C(=O)C(F)(F)C(F)(F)C(F)(F)C(F)(F)F)N2C(=O)N1c1cccc2ccccc12. The predicted octanol–water partition coefficient (Wildman–Crippen LogP) is 4.43. The topological polar surface area (TPSA) is 60.9 Å². The van der Waals surface area contributed by atoms with E-state index in [0.717, 1.165) is 9.80 Å². The summed E-state index contributed by atoms with van der Waals surface area (Å²) in [6, 6.07) is 6.03. The lowest BCUT2D eigenvalue weighted by Gasteiger charge is -2.39. The van der Waals surface area contributed by atoms with Gasteiger partial charge in [0.15, 0.2) is 0 Å². The van der Waals surface area contributed by atoms with Crippen molar-refractivity contribution in [1.29, 1.82) is 0 Å². The number of likely N-dealkylation sites (tertiary alicyclic amines) is 1. The average Bonchev–Trinajstić information content (AvgIpc) is 3.48. The molecule has 15 heteroatoms. The maximum atomic E-state index is 14.3. The number of piperazine rings is 1. The number of nitrogens with zero attached hydrogens (tertiary/aromatic N) is 3. The molecule has 2 unspecified atom stereocenters. The molecule has 0 N–H and O–H groups in total. The van der Waals surface area contributed by atoms with E-state index in [0.29, 0.717) is 10.8 Å². The van der Waals surface area contributed by atoms with Gasteiger partial charge < -0.3 is 9.80 Å². The summed E-state index contributed by atoms with van der Waals surface area (Å²) in [5.74, 6) is -24.8. The Bertz CT molecular complexity index is 1320. The first-order valence-electron chi connectivity index (χ1n) is 10.7. The summed E-state index contributed by atoms with van der Waals surface area (Å²) in [5.41, 5.74) is 0.126. The van der Waals surface area contributed by atoms with E-state index in [1.165, 1.54) is 12.1 Å². The maximum Gasteiger partial charge on any atom is 0.460 e. The molecule has 2 aromatic rings. The van der Waals surface area contributed by atoms with Gasteiger partial charge >= 0.3 is 30.0 Å². The molecule has 2 bridgehead atoms. The van der Waals surface area contributed by atoms with E-state index in [4.69, 9.17) is 0 Å². The van der Waals surface area contributed by atoms with Crippen molar-refractivity contribution in [3.05, 3.63) is 42.5 Å². The number of benzene rings is 2. The highest BCUT2D eigenvalue weighted by Crippen LogP contribution is 2.54. The Balaban J connectivity index is 1.47. The fourth-order valence-electron chi connectivity index (χ4n) is 5.21. The summed E-state index contributed by atoms with van der Waals surface area (Å²) in [7, 11) is 0. The molecule has 37 heavy (non-hydrogen) atoms. The maximum absolute atomic E-state index is 14.3. The van der Waals surface area contributed by atoms with Gasteiger partial charge in [-0.05, 0) is 17.9 Å². The first-order valence-corrected chi connectivity index (χ1v) is 10.7. The van der Waals surface area contributed by atoms with E-state index in [2.05, 4.69) is 0 Å². The third kappa shape index (κ3) is 3.11. The number of halogens is 9. The summed E-state index contributed by atoms with van der Waals surface area (Å²) >= 11 is 0. The number of hydrogen-bond donors (Lipinski definition) is 0. The van der Waals surface area contributed by atoms with Crippen LogP contribution in [0.2, 0.25) is 0 Å². The molecule has 0 saturated carbocycles. The molecule has 3 heterocycles. The molecule has 0 aliphatic carbocycles. The Morgan fingerprint density at radius 1 is 0.838 bits per heavy atom. The molecule has 5 rings (SSSR count). The van der Waals surface area contributed by atoms with Crippen LogP contribution in [0.1, 0.15) is 6.42 Å². The van der Waals surface area contributed by atoms with E-state index in [9.17, 15) is 53.9 Å². The van der Waals surface area contributed by atoms with E-state index >= 15 is 0 Å². The second kappa shape index (κ2) is 7.51. The van der Waals surface area contributed by atoms with Crippen LogP contribution in [0, 0.1) is 0 Å². The van der Waals surface area contributed by atoms with Crippen molar-refractivity contribution < 1.29 is 53.9 Å². The number of hydrogen-bond acceptors (Lipinski definition) is 3. The Morgan fingerprint density at radius 3 is 2.11 bits per heavy atom. The van der Waals surface area contributed by atoms with Crippen LogP contribution < -0.4 is 4.90 Å². The van der Waals surface area contributed by atoms with Crippen molar-refractivity contribution in [3.63, 3.8) is 0 Å². The number of fused-ring (bicyclic) bond motifs is 6. The van der Waals surface area contributed by atoms with Crippen LogP contribution in [-0.2, 0) is 9.59 Å². The van der Waals surface area contributed by atoms with Gasteiger partial charge in [0.25, 0.3) is 11.8 Å². The molecule has 4 amide bonds. The zero-order valence-electron chi connectivity index (χ0n) is 18.2. The van der Waals surface area contributed by atoms with Crippen molar-refractivity contribution in [2.75, 3.05) is 11.4 Å². The van der Waals surface area contributed by atoms with Crippen LogP contribution >= 0.6 is 0 Å². The van der Waals surface area contributed by atoms with Gasteiger partial charge in [-0.25, -0.2) is 9.69 Å². The molecule has 0 aromatic heterocycles. The molecule has 0 radical (unpaired) electrons. The zero-order valence-corrected chi connectivity index (χ0v) is 18.2. The molecular formula is C22H14F9N3O3. The number of amides is 4. The summed E-state index contributed by atoms with van der Waals surface area (Å²) in [6.45, 7) is -0.855. The minimum atomic E-state index is -7.23. The van der Waals surface area contributed by atoms with Crippen LogP contribution in [0.25, 0.3) is 10.8 Å². The normalized spacial score (nSPS) is 24.5. The van der Waals surface area contributed by atoms with Crippen molar-refractivity contribution in [1.82, 2.24) is 9.80 Å². The minimum Gasteiger partial charge on any atom is -0.330 e. The predicted molar refractivity (Wildman–Crippen MR) is 107 cm³/mol. The molecule has 2 aromatic carbocycles. The van der Waals surface area contributed by atoms with E-state index in [-0.39, 0.29) is 17.0 Å². The number of urea groups is 1. The van der Waals surface area contributed by atoms with E-state index < -0.39 is 66.5 Å². The molecule has 3 atom stereocenters. The largest absolute Gasteiger partial charge is 0.460 e. The van der Waals surface area contributed by atoms with Gasteiger partial charge in [0.05, 0.1) is 17.8 Å². The number of alkyl halides is 9.